The molecular weight excluding hydrogens is 523 g/mol. The summed E-state index contributed by atoms with van der Waals surface area (Å²) in [6.45, 7) is 11.7. The van der Waals surface area contributed by atoms with Crippen molar-refractivity contribution in [1.82, 2.24) is 35.2 Å². The Hall–Kier alpha value is -2.15. The predicted molar refractivity (Wildman–Crippen MR) is 134 cm³/mol. The summed E-state index contributed by atoms with van der Waals surface area (Å²) in [5.41, 5.74) is 0. The number of piperazine rings is 1. The zero-order chi connectivity index (χ0) is 22.1. The van der Waals surface area contributed by atoms with E-state index < -0.39 is 0 Å². The zero-order valence-electron chi connectivity index (χ0n) is 19.2. The fraction of sp³-hybridized carbons (Fsp3) is 0.619. The number of aryl methyl sites for hydroxylation is 1. The van der Waals surface area contributed by atoms with Crippen molar-refractivity contribution in [2.45, 2.75) is 46.3 Å². The van der Waals surface area contributed by atoms with Gasteiger partial charge in [0.05, 0.1) is 12.8 Å². The van der Waals surface area contributed by atoms with Crippen LogP contribution in [0.4, 0.5) is 0 Å². The van der Waals surface area contributed by atoms with E-state index in [4.69, 9.17) is 9.41 Å². The molecule has 0 saturated carbocycles. The van der Waals surface area contributed by atoms with Crippen LogP contribution in [0.5, 0.6) is 0 Å². The van der Waals surface area contributed by atoms with Gasteiger partial charge in [-0.15, -0.1) is 34.2 Å². The molecular formula is C21H35IN8O2. The number of rotatable bonds is 9. The van der Waals surface area contributed by atoms with E-state index in [1.807, 2.05) is 26.0 Å². The fourth-order valence-electron chi connectivity index (χ4n) is 3.54. The topological polar surface area (TPSA) is 104 Å². The van der Waals surface area contributed by atoms with Crippen molar-refractivity contribution in [3.05, 3.63) is 36.3 Å². The molecule has 1 aliphatic heterocycles. The van der Waals surface area contributed by atoms with Crippen molar-refractivity contribution in [2.24, 2.45) is 4.99 Å². The molecule has 11 heteroatoms. The summed E-state index contributed by atoms with van der Waals surface area (Å²) in [7, 11) is 0. The maximum Gasteiger partial charge on any atom is 0.234 e. The smallest absolute Gasteiger partial charge is 0.234 e. The second-order valence-electron chi connectivity index (χ2n) is 7.93. The summed E-state index contributed by atoms with van der Waals surface area (Å²) in [5.74, 6) is 2.74. The molecule has 2 aromatic heterocycles. The highest BCUT2D eigenvalue weighted by Crippen LogP contribution is 2.06. The van der Waals surface area contributed by atoms with Gasteiger partial charge < -0.3 is 24.5 Å². The molecule has 2 aromatic rings. The maximum atomic E-state index is 12.1. The van der Waals surface area contributed by atoms with E-state index >= 15 is 0 Å². The molecule has 10 nitrogen and oxygen atoms in total. The van der Waals surface area contributed by atoms with Crippen LogP contribution in [0, 0.1) is 0 Å². The summed E-state index contributed by atoms with van der Waals surface area (Å²) < 4.78 is 7.49. The van der Waals surface area contributed by atoms with Crippen molar-refractivity contribution in [3.63, 3.8) is 0 Å². The highest BCUT2D eigenvalue weighted by molar-refractivity contribution is 14.0. The lowest BCUT2D eigenvalue weighted by Crippen LogP contribution is -2.54. The van der Waals surface area contributed by atoms with E-state index in [9.17, 15) is 4.79 Å². The molecule has 3 rings (SSSR count). The number of carbonyl (C=O) groups is 1. The standard InChI is InChI=1S/C21H34N8O2.HI/c1-4-19-26-24-16-29(19)8-7-22-21(23-14-18-6-5-13-31-18)28-11-9-27(10-12-28)15-20(30)25-17(2)3;/h5-6,13,16-17H,4,7-12,14-15H2,1-3H3,(H,22,23)(H,25,30);1H. The molecule has 2 N–H and O–H groups in total. The summed E-state index contributed by atoms with van der Waals surface area (Å²) in [4.78, 5) is 21.3. The van der Waals surface area contributed by atoms with Crippen molar-refractivity contribution in [2.75, 3.05) is 39.3 Å². The number of carbonyl (C=O) groups excluding carboxylic acids is 1. The minimum Gasteiger partial charge on any atom is -0.467 e. The Labute approximate surface area is 206 Å². The molecule has 32 heavy (non-hydrogen) atoms. The number of nitrogens with one attached hydrogen (secondary N) is 2. The van der Waals surface area contributed by atoms with Crippen LogP contribution >= 0.6 is 24.0 Å². The van der Waals surface area contributed by atoms with Crippen LogP contribution in [0.3, 0.4) is 0 Å². The summed E-state index contributed by atoms with van der Waals surface area (Å²) in [6, 6.07) is 3.96. The Balaban J connectivity index is 0.00000363. The molecule has 0 spiro atoms. The van der Waals surface area contributed by atoms with Gasteiger partial charge in [-0.2, -0.15) is 0 Å². The van der Waals surface area contributed by atoms with Crippen molar-refractivity contribution in [1.29, 1.82) is 0 Å². The number of aromatic nitrogens is 3. The van der Waals surface area contributed by atoms with Gasteiger partial charge in [-0.25, -0.2) is 4.99 Å². The van der Waals surface area contributed by atoms with Crippen LogP contribution in [0.1, 0.15) is 32.4 Å². The Morgan fingerprint density at radius 1 is 1.28 bits per heavy atom. The van der Waals surface area contributed by atoms with Gasteiger partial charge in [-0.3, -0.25) is 9.69 Å². The number of nitrogens with zero attached hydrogens (tertiary/aromatic N) is 6. The number of aliphatic imine (C=N–C) groups is 1. The molecule has 1 fully saturated rings. The third-order valence-corrected chi connectivity index (χ3v) is 5.10. The Morgan fingerprint density at radius 2 is 2.06 bits per heavy atom. The van der Waals surface area contributed by atoms with Gasteiger partial charge in [-0.05, 0) is 26.0 Å². The predicted octanol–water partition coefficient (Wildman–Crippen LogP) is 1.34. The van der Waals surface area contributed by atoms with Gasteiger partial charge in [0.1, 0.15) is 24.5 Å². The molecule has 0 aliphatic carbocycles. The second kappa shape index (κ2) is 13.4. The van der Waals surface area contributed by atoms with E-state index in [-0.39, 0.29) is 35.9 Å². The van der Waals surface area contributed by atoms with E-state index in [0.29, 0.717) is 13.1 Å². The Kier molecular flexibility index (Phi) is 10.9. The lowest BCUT2D eigenvalue weighted by molar-refractivity contribution is -0.123. The summed E-state index contributed by atoms with van der Waals surface area (Å²) in [6.07, 6.45) is 4.28. The molecule has 178 valence electrons. The number of guanidine groups is 1. The van der Waals surface area contributed by atoms with Crippen molar-refractivity contribution < 1.29 is 9.21 Å². The average molecular weight is 558 g/mol. The first-order valence-electron chi connectivity index (χ1n) is 11.0. The van der Waals surface area contributed by atoms with E-state index in [0.717, 1.165) is 63.2 Å². The van der Waals surface area contributed by atoms with Crippen LogP contribution in [-0.4, -0.2) is 81.7 Å². The average Bonchev–Trinajstić information content (AvgIpc) is 3.42. The molecule has 1 saturated heterocycles. The monoisotopic (exact) mass is 558 g/mol. The molecule has 1 aliphatic rings. The number of amides is 1. The van der Waals surface area contributed by atoms with Crippen molar-refractivity contribution in [3.8, 4) is 0 Å². The minimum absolute atomic E-state index is 0. The molecule has 0 aromatic carbocycles. The molecule has 1 amide bonds. The maximum absolute atomic E-state index is 12.1. The molecule has 0 bridgehead atoms. The normalized spacial score (nSPS) is 15.0. The Bertz CT molecular complexity index is 829. The second-order valence-corrected chi connectivity index (χ2v) is 7.93. The van der Waals surface area contributed by atoms with E-state index in [1.54, 1.807) is 12.6 Å². The van der Waals surface area contributed by atoms with Crippen LogP contribution in [0.25, 0.3) is 0 Å². The van der Waals surface area contributed by atoms with Gasteiger partial charge >= 0.3 is 0 Å². The van der Waals surface area contributed by atoms with Crippen LogP contribution in [0.15, 0.2) is 34.1 Å². The largest absolute Gasteiger partial charge is 0.467 e. The van der Waals surface area contributed by atoms with Gasteiger partial charge in [0, 0.05) is 51.7 Å². The quantitative estimate of drug-likeness (QED) is 0.272. The highest BCUT2D eigenvalue weighted by Gasteiger charge is 2.21. The van der Waals surface area contributed by atoms with Crippen molar-refractivity contribution >= 4 is 35.8 Å². The molecule has 0 unspecified atom stereocenters. The summed E-state index contributed by atoms with van der Waals surface area (Å²) >= 11 is 0. The highest BCUT2D eigenvalue weighted by atomic mass is 127. The number of hydrogen-bond donors (Lipinski definition) is 2. The van der Waals surface area contributed by atoms with Gasteiger partial charge in [0.15, 0.2) is 5.96 Å². The number of hydrogen-bond acceptors (Lipinski definition) is 6. The molecule has 0 radical (unpaired) electrons. The lowest BCUT2D eigenvalue weighted by Gasteiger charge is -2.36. The van der Waals surface area contributed by atoms with E-state index in [2.05, 4.69) is 42.1 Å². The van der Waals surface area contributed by atoms with Gasteiger partial charge in [0.25, 0.3) is 0 Å². The minimum atomic E-state index is 0. The fourth-order valence-corrected chi connectivity index (χ4v) is 3.54. The number of furan rings is 1. The first-order chi connectivity index (χ1) is 15.0. The SMILES string of the molecule is CCc1nncn1CCNC(=NCc1ccco1)N1CCN(CC(=O)NC(C)C)CC1.I. The first-order valence-corrected chi connectivity index (χ1v) is 11.0. The summed E-state index contributed by atoms with van der Waals surface area (Å²) in [5, 5.41) is 14.6. The molecule has 3 heterocycles. The van der Waals surface area contributed by atoms with Gasteiger partial charge in [-0.1, -0.05) is 6.92 Å². The van der Waals surface area contributed by atoms with Crippen LogP contribution in [-0.2, 0) is 24.3 Å². The lowest BCUT2D eigenvalue weighted by atomic mass is 10.3. The van der Waals surface area contributed by atoms with E-state index in [1.165, 1.54) is 0 Å². The van der Waals surface area contributed by atoms with Gasteiger partial charge in [0.2, 0.25) is 5.91 Å². The molecule has 0 atom stereocenters. The van der Waals surface area contributed by atoms with Crippen LogP contribution < -0.4 is 10.6 Å². The third kappa shape index (κ3) is 8.08. The first kappa shape index (κ1) is 26.1. The Morgan fingerprint density at radius 3 is 2.72 bits per heavy atom. The van der Waals surface area contributed by atoms with Crippen LogP contribution in [0.2, 0.25) is 0 Å². The zero-order valence-corrected chi connectivity index (χ0v) is 21.5. The third-order valence-electron chi connectivity index (χ3n) is 5.10. The number of halogens is 1.